The van der Waals surface area contributed by atoms with Crippen molar-refractivity contribution in [2.75, 3.05) is 12.8 Å². The quantitative estimate of drug-likeness (QED) is 0.482. The van der Waals surface area contributed by atoms with Gasteiger partial charge < -0.3 is 10.5 Å². The van der Waals surface area contributed by atoms with Crippen molar-refractivity contribution < 1.29 is 9.53 Å². The first-order chi connectivity index (χ1) is 5.66. The molecule has 0 aliphatic carbocycles. The molecule has 1 aromatic carbocycles. The third kappa shape index (κ3) is 1.69. The van der Waals surface area contributed by atoms with Crippen LogP contribution in [0.3, 0.4) is 0 Å². The molecule has 0 unspecified atom stereocenters. The van der Waals surface area contributed by atoms with Crippen molar-refractivity contribution in [3.05, 3.63) is 27.3 Å². The van der Waals surface area contributed by atoms with Gasteiger partial charge in [0, 0.05) is 3.57 Å². The number of nitrogen functional groups attached to an aromatic ring is 1. The van der Waals surface area contributed by atoms with Gasteiger partial charge in [0.25, 0.3) is 0 Å². The van der Waals surface area contributed by atoms with Gasteiger partial charge in [-0.2, -0.15) is 0 Å². The molecule has 0 bridgehead atoms. The first-order valence-corrected chi connectivity index (χ1v) is 4.37. The summed E-state index contributed by atoms with van der Waals surface area (Å²) < 4.78 is 5.41. The first-order valence-electron chi connectivity index (χ1n) is 3.29. The number of methoxy groups -OCH3 is 1. The number of ether oxygens (including phenoxy) is 1. The van der Waals surface area contributed by atoms with Crippen LogP contribution in [0.15, 0.2) is 18.2 Å². The Hall–Kier alpha value is -0.780. The van der Waals surface area contributed by atoms with Crippen molar-refractivity contribution in [2.45, 2.75) is 0 Å². The van der Waals surface area contributed by atoms with Crippen molar-refractivity contribution in [2.24, 2.45) is 0 Å². The van der Waals surface area contributed by atoms with E-state index in [9.17, 15) is 4.79 Å². The number of anilines is 1. The number of hydrogen-bond donors (Lipinski definition) is 1. The number of benzene rings is 1. The molecule has 0 aliphatic heterocycles. The van der Waals surface area contributed by atoms with Gasteiger partial charge in [-0.05, 0) is 34.7 Å². The van der Waals surface area contributed by atoms with Gasteiger partial charge in [0.05, 0.1) is 18.4 Å². The summed E-state index contributed by atoms with van der Waals surface area (Å²) in [4.78, 5) is 11.1. The maximum absolute atomic E-state index is 11.1. The Morgan fingerprint density at radius 1 is 1.58 bits per heavy atom. The summed E-state index contributed by atoms with van der Waals surface area (Å²) in [7, 11) is 1.33. The van der Waals surface area contributed by atoms with Crippen LogP contribution in [0, 0.1) is 3.57 Å². The summed E-state index contributed by atoms with van der Waals surface area (Å²) in [5.74, 6) is -0.397. The highest BCUT2D eigenvalue weighted by Gasteiger charge is 2.10. The molecule has 4 heteroatoms. The molecule has 2 N–H and O–H groups in total. The average molecular weight is 277 g/mol. The van der Waals surface area contributed by atoms with E-state index < -0.39 is 5.97 Å². The summed E-state index contributed by atoms with van der Waals surface area (Å²) in [5.41, 5.74) is 6.55. The SMILES string of the molecule is COC(=O)c1cccc(I)c1N. The molecule has 0 aliphatic rings. The van der Waals surface area contributed by atoms with Crippen LogP contribution in [0.4, 0.5) is 5.69 Å². The van der Waals surface area contributed by atoms with Gasteiger partial charge in [0.1, 0.15) is 0 Å². The number of esters is 1. The zero-order valence-electron chi connectivity index (χ0n) is 6.50. The molecule has 64 valence electrons. The van der Waals surface area contributed by atoms with Gasteiger partial charge in [0.2, 0.25) is 0 Å². The summed E-state index contributed by atoms with van der Waals surface area (Å²) >= 11 is 2.07. The van der Waals surface area contributed by atoms with Crippen LogP contribution < -0.4 is 5.73 Å². The molecule has 3 nitrogen and oxygen atoms in total. The van der Waals surface area contributed by atoms with E-state index in [0.29, 0.717) is 11.3 Å². The molecule has 0 aromatic heterocycles. The molecule has 0 saturated carbocycles. The fourth-order valence-corrected chi connectivity index (χ4v) is 1.32. The van der Waals surface area contributed by atoms with Gasteiger partial charge in [-0.25, -0.2) is 4.79 Å². The van der Waals surface area contributed by atoms with E-state index in [1.807, 2.05) is 6.07 Å². The molecule has 12 heavy (non-hydrogen) atoms. The van der Waals surface area contributed by atoms with E-state index in [0.717, 1.165) is 3.57 Å². The van der Waals surface area contributed by atoms with Crippen LogP contribution in [0.25, 0.3) is 0 Å². The van der Waals surface area contributed by atoms with Gasteiger partial charge in [0.15, 0.2) is 0 Å². The number of halogens is 1. The lowest BCUT2D eigenvalue weighted by Crippen LogP contribution is -2.06. The normalized spacial score (nSPS) is 9.50. The fourth-order valence-electron chi connectivity index (χ4n) is 0.825. The van der Waals surface area contributed by atoms with Crippen LogP contribution in [0.1, 0.15) is 10.4 Å². The van der Waals surface area contributed by atoms with E-state index >= 15 is 0 Å². The Morgan fingerprint density at radius 3 is 2.83 bits per heavy atom. The molecule has 1 aromatic rings. The molecular formula is C8H8INO2. The minimum atomic E-state index is -0.397. The van der Waals surface area contributed by atoms with Gasteiger partial charge in [-0.1, -0.05) is 6.07 Å². The molecule has 0 fully saturated rings. The third-order valence-corrected chi connectivity index (χ3v) is 2.40. The maximum atomic E-state index is 11.1. The summed E-state index contributed by atoms with van der Waals surface area (Å²) in [5, 5.41) is 0. The second-order valence-corrected chi connectivity index (χ2v) is 3.35. The van der Waals surface area contributed by atoms with E-state index in [4.69, 9.17) is 5.73 Å². The molecule has 0 amide bonds. The Balaban J connectivity index is 3.16. The van der Waals surface area contributed by atoms with E-state index in [2.05, 4.69) is 27.3 Å². The van der Waals surface area contributed by atoms with Gasteiger partial charge >= 0.3 is 5.97 Å². The van der Waals surface area contributed by atoms with Crippen LogP contribution >= 0.6 is 22.6 Å². The molecule has 0 radical (unpaired) electrons. The number of nitrogens with two attached hydrogens (primary N) is 1. The molecule has 1 rings (SSSR count). The highest BCUT2D eigenvalue weighted by atomic mass is 127. The van der Waals surface area contributed by atoms with Crippen molar-refractivity contribution in [1.82, 2.24) is 0 Å². The van der Waals surface area contributed by atoms with Crippen LogP contribution in [0.5, 0.6) is 0 Å². The van der Waals surface area contributed by atoms with Crippen LogP contribution in [0.2, 0.25) is 0 Å². The van der Waals surface area contributed by atoms with Gasteiger partial charge in [-0.3, -0.25) is 0 Å². The Kier molecular flexibility index (Phi) is 2.91. The second-order valence-electron chi connectivity index (χ2n) is 2.19. The topological polar surface area (TPSA) is 52.3 Å². The van der Waals surface area contributed by atoms with Crippen molar-refractivity contribution in [3.8, 4) is 0 Å². The minimum Gasteiger partial charge on any atom is -0.465 e. The lowest BCUT2D eigenvalue weighted by molar-refractivity contribution is 0.0602. The predicted molar refractivity (Wildman–Crippen MR) is 54.9 cm³/mol. The Labute approximate surface area is 84.0 Å². The second kappa shape index (κ2) is 3.75. The number of carbonyl (C=O) groups is 1. The van der Waals surface area contributed by atoms with E-state index in [1.54, 1.807) is 12.1 Å². The monoisotopic (exact) mass is 277 g/mol. The third-order valence-electron chi connectivity index (χ3n) is 1.46. The highest BCUT2D eigenvalue weighted by molar-refractivity contribution is 14.1. The first kappa shape index (κ1) is 9.31. The molecule has 0 heterocycles. The molecule has 0 spiro atoms. The van der Waals surface area contributed by atoms with Crippen LogP contribution in [-0.4, -0.2) is 13.1 Å². The Morgan fingerprint density at radius 2 is 2.25 bits per heavy atom. The lowest BCUT2D eigenvalue weighted by atomic mass is 10.2. The highest BCUT2D eigenvalue weighted by Crippen LogP contribution is 2.19. The summed E-state index contributed by atoms with van der Waals surface area (Å²) in [6, 6.07) is 5.25. The number of carbonyl (C=O) groups excluding carboxylic acids is 1. The molecule has 0 atom stereocenters. The lowest BCUT2D eigenvalue weighted by Gasteiger charge is -2.03. The van der Waals surface area contributed by atoms with Crippen molar-refractivity contribution in [3.63, 3.8) is 0 Å². The zero-order chi connectivity index (χ0) is 9.14. The summed E-state index contributed by atoms with van der Waals surface area (Å²) in [6.07, 6.45) is 0. The number of hydrogen-bond acceptors (Lipinski definition) is 3. The maximum Gasteiger partial charge on any atom is 0.339 e. The van der Waals surface area contributed by atoms with E-state index in [-0.39, 0.29) is 0 Å². The largest absolute Gasteiger partial charge is 0.465 e. The Bertz CT molecular complexity index is 312. The fraction of sp³-hybridized carbons (Fsp3) is 0.125. The average Bonchev–Trinajstić information content (AvgIpc) is 2.08. The van der Waals surface area contributed by atoms with Crippen molar-refractivity contribution >= 4 is 34.2 Å². The standard InChI is InChI=1S/C8H8INO2/c1-12-8(11)5-3-2-4-6(9)7(5)10/h2-4H,10H2,1H3. The van der Waals surface area contributed by atoms with Crippen LogP contribution in [-0.2, 0) is 4.74 Å². The zero-order valence-corrected chi connectivity index (χ0v) is 8.66. The molecular weight excluding hydrogens is 269 g/mol. The van der Waals surface area contributed by atoms with Gasteiger partial charge in [-0.15, -0.1) is 0 Å². The smallest absolute Gasteiger partial charge is 0.339 e. The number of rotatable bonds is 1. The number of para-hydroxylation sites is 1. The predicted octanol–water partition coefficient (Wildman–Crippen LogP) is 1.66. The minimum absolute atomic E-state index is 0.397. The van der Waals surface area contributed by atoms with Crippen molar-refractivity contribution in [1.29, 1.82) is 0 Å². The molecule has 0 saturated heterocycles. The summed E-state index contributed by atoms with van der Waals surface area (Å²) in [6.45, 7) is 0. The van der Waals surface area contributed by atoms with E-state index in [1.165, 1.54) is 7.11 Å².